The van der Waals surface area contributed by atoms with E-state index >= 15 is 0 Å². The molecule has 0 spiro atoms. The highest BCUT2D eigenvalue weighted by atomic mass is 16.5. The lowest BCUT2D eigenvalue weighted by atomic mass is 10.2. The molecule has 0 radical (unpaired) electrons. The molecule has 0 aliphatic heterocycles. The minimum atomic E-state index is -0.207. The number of ether oxygens (including phenoxy) is 1. The van der Waals surface area contributed by atoms with Gasteiger partial charge in [-0.05, 0) is 18.6 Å². The molecule has 0 saturated heterocycles. The predicted molar refractivity (Wildman–Crippen MR) is 63.5 cm³/mol. The van der Waals surface area contributed by atoms with Crippen LogP contribution in [0, 0.1) is 0 Å². The van der Waals surface area contributed by atoms with Crippen LogP contribution < -0.4 is 10.5 Å². The molecular weight excluding hydrogens is 218 g/mol. The lowest BCUT2D eigenvalue weighted by molar-refractivity contribution is 0.352. The van der Waals surface area contributed by atoms with E-state index < -0.39 is 0 Å². The second-order valence-corrected chi connectivity index (χ2v) is 3.70. The van der Waals surface area contributed by atoms with Crippen molar-refractivity contribution in [3.8, 4) is 17.1 Å². The van der Waals surface area contributed by atoms with E-state index in [1.165, 1.54) is 0 Å². The molecule has 0 bridgehead atoms. The lowest BCUT2D eigenvalue weighted by Gasteiger charge is -2.00. The van der Waals surface area contributed by atoms with Crippen LogP contribution in [0.15, 0.2) is 28.8 Å². The molecule has 5 nitrogen and oxygen atoms in total. The molecule has 1 atom stereocenters. The van der Waals surface area contributed by atoms with Gasteiger partial charge in [-0.15, -0.1) is 0 Å². The number of hydrogen-bond acceptors (Lipinski definition) is 5. The second kappa shape index (κ2) is 4.97. The highest BCUT2D eigenvalue weighted by Gasteiger charge is 2.14. The quantitative estimate of drug-likeness (QED) is 0.875. The van der Waals surface area contributed by atoms with E-state index in [0.717, 1.165) is 17.7 Å². The van der Waals surface area contributed by atoms with E-state index in [1.807, 2.05) is 31.2 Å². The zero-order valence-corrected chi connectivity index (χ0v) is 9.88. The fourth-order valence-corrected chi connectivity index (χ4v) is 1.44. The second-order valence-electron chi connectivity index (χ2n) is 3.70. The summed E-state index contributed by atoms with van der Waals surface area (Å²) in [4.78, 5) is 4.27. The van der Waals surface area contributed by atoms with E-state index in [0.29, 0.717) is 11.7 Å². The Hall–Kier alpha value is -1.88. The molecule has 17 heavy (non-hydrogen) atoms. The molecule has 2 rings (SSSR count). The summed E-state index contributed by atoms with van der Waals surface area (Å²) in [6.07, 6.45) is 0.764. The molecule has 1 unspecified atom stereocenters. The number of hydrogen-bond donors (Lipinski definition) is 1. The van der Waals surface area contributed by atoms with Gasteiger partial charge in [-0.1, -0.05) is 24.2 Å². The predicted octanol–water partition coefficient (Wildman–Crippen LogP) is 2.16. The van der Waals surface area contributed by atoms with Crippen LogP contribution in [-0.2, 0) is 0 Å². The maximum atomic E-state index is 5.82. The fourth-order valence-electron chi connectivity index (χ4n) is 1.44. The van der Waals surface area contributed by atoms with Crippen LogP contribution in [0.4, 0.5) is 0 Å². The summed E-state index contributed by atoms with van der Waals surface area (Å²) in [7, 11) is 1.62. The van der Waals surface area contributed by atoms with Gasteiger partial charge in [0, 0.05) is 5.56 Å². The topological polar surface area (TPSA) is 74.2 Å². The van der Waals surface area contributed by atoms with Crippen molar-refractivity contribution in [1.82, 2.24) is 10.1 Å². The van der Waals surface area contributed by atoms with E-state index in [1.54, 1.807) is 7.11 Å². The van der Waals surface area contributed by atoms with Gasteiger partial charge in [0.25, 0.3) is 0 Å². The Kier molecular flexibility index (Phi) is 3.39. The summed E-state index contributed by atoms with van der Waals surface area (Å²) in [5, 5.41) is 3.91. The summed E-state index contributed by atoms with van der Waals surface area (Å²) in [6, 6.07) is 7.29. The first-order chi connectivity index (χ1) is 8.24. The molecule has 2 N–H and O–H groups in total. The van der Waals surface area contributed by atoms with Crippen LogP contribution in [-0.4, -0.2) is 17.3 Å². The van der Waals surface area contributed by atoms with Crippen LogP contribution in [0.25, 0.3) is 11.4 Å². The first-order valence-electron chi connectivity index (χ1n) is 5.48. The van der Waals surface area contributed by atoms with Gasteiger partial charge in [0.05, 0.1) is 13.2 Å². The summed E-state index contributed by atoms with van der Waals surface area (Å²) < 4.78 is 10.3. The molecule has 1 aromatic heterocycles. The van der Waals surface area contributed by atoms with Crippen molar-refractivity contribution in [3.05, 3.63) is 30.2 Å². The number of benzene rings is 1. The Labute approximate surface area is 99.6 Å². The third kappa shape index (κ3) is 2.45. The molecule has 90 valence electrons. The minimum Gasteiger partial charge on any atom is -0.497 e. The van der Waals surface area contributed by atoms with Gasteiger partial charge in [0.1, 0.15) is 5.75 Å². The molecule has 0 aliphatic carbocycles. The van der Waals surface area contributed by atoms with Crippen molar-refractivity contribution in [2.45, 2.75) is 19.4 Å². The van der Waals surface area contributed by atoms with E-state index in [9.17, 15) is 0 Å². The van der Waals surface area contributed by atoms with Gasteiger partial charge in [-0.2, -0.15) is 4.98 Å². The van der Waals surface area contributed by atoms with Crippen molar-refractivity contribution in [2.24, 2.45) is 5.73 Å². The van der Waals surface area contributed by atoms with E-state index in [-0.39, 0.29) is 6.04 Å². The van der Waals surface area contributed by atoms with Crippen molar-refractivity contribution >= 4 is 0 Å². The maximum Gasteiger partial charge on any atom is 0.243 e. The Morgan fingerprint density at radius 1 is 1.47 bits per heavy atom. The van der Waals surface area contributed by atoms with Gasteiger partial charge in [-0.3, -0.25) is 0 Å². The van der Waals surface area contributed by atoms with Crippen LogP contribution in [0.5, 0.6) is 5.75 Å². The summed E-state index contributed by atoms with van der Waals surface area (Å²) in [5.74, 6) is 1.75. The van der Waals surface area contributed by atoms with E-state index in [2.05, 4.69) is 10.1 Å². The van der Waals surface area contributed by atoms with E-state index in [4.69, 9.17) is 15.0 Å². The number of methoxy groups -OCH3 is 1. The zero-order valence-electron chi connectivity index (χ0n) is 9.88. The molecule has 1 heterocycles. The highest BCUT2D eigenvalue weighted by molar-refractivity contribution is 5.56. The van der Waals surface area contributed by atoms with Crippen LogP contribution >= 0.6 is 0 Å². The molecule has 5 heteroatoms. The Bertz CT molecular complexity index is 496. The Balaban J connectivity index is 2.30. The maximum absolute atomic E-state index is 5.82. The number of aromatic nitrogens is 2. The van der Waals surface area contributed by atoms with Crippen molar-refractivity contribution in [3.63, 3.8) is 0 Å². The fraction of sp³-hybridized carbons (Fsp3) is 0.333. The van der Waals surface area contributed by atoms with Crippen molar-refractivity contribution in [2.75, 3.05) is 7.11 Å². The molecule has 1 aromatic carbocycles. The first-order valence-corrected chi connectivity index (χ1v) is 5.48. The van der Waals surface area contributed by atoms with Crippen molar-refractivity contribution in [1.29, 1.82) is 0 Å². The summed E-state index contributed by atoms with van der Waals surface area (Å²) in [6.45, 7) is 1.97. The molecule has 0 fully saturated rings. The summed E-state index contributed by atoms with van der Waals surface area (Å²) >= 11 is 0. The smallest absolute Gasteiger partial charge is 0.243 e. The molecular formula is C12H15N3O2. The SMILES string of the molecule is CCC(N)c1nc(-c2cccc(OC)c2)no1. The van der Waals surface area contributed by atoms with Gasteiger partial charge in [-0.25, -0.2) is 0 Å². The lowest BCUT2D eigenvalue weighted by Crippen LogP contribution is -2.08. The molecule has 0 aliphatic rings. The molecule has 2 aromatic rings. The zero-order chi connectivity index (χ0) is 12.3. The van der Waals surface area contributed by atoms with Crippen LogP contribution in [0.3, 0.4) is 0 Å². The molecule has 0 saturated carbocycles. The van der Waals surface area contributed by atoms with Crippen molar-refractivity contribution < 1.29 is 9.26 Å². The average molecular weight is 233 g/mol. The Morgan fingerprint density at radius 2 is 2.29 bits per heavy atom. The van der Waals surface area contributed by atoms with Gasteiger partial charge < -0.3 is 15.0 Å². The molecule has 0 amide bonds. The van der Waals surface area contributed by atoms with Gasteiger partial charge in [0.15, 0.2) is 0 Å². The monoisotopic (exact) mass is 233 g/mol. The van der Waals surface area contributed by atoms with Gasteiger partial charge in [0.2, 0.25) is 11.7 Å². The Morgan fingerprint density at radius 3 is 3.00 bits per heavy atom. The third-order valence-corrected chi connectivity index (χ3v) is 2.53. The largest absolute Gasteiger partial charge is 0.497 e. The van der Waals surface area contributed by atoms with Gasteiger partial charge >= 0.3 is 0 Å². The highest BCUT2D eigenvalue weighted by Crippen LogP contribution is 2.22. The number of nitrogens with zero attached hydrogens (tertiary/aromatic N) is 2. The minimum absolute atomic E-state index is 0.207. The summed E-state index contributed by atoms with van der Waals surface area (Å²) in [5.41, 5.74) is 6.67. The number of rotatable bonds is 4. The standard InChI is InChI=1S/C12H15N3O2/c1-3-10(13)12-14-11(15-17-12)8-5-4-6-9(7-8)16-2/h4-7,10H,3,13H2,1-2H3. The third-order valence-electron chi connectivity index (χ3n) is 2.53. The number of nitrogens with two attached hydrogens (primary N) is 1. The van der Waals surface area contributed by atoms with Crippen LogP contribution in [0.2, 0.25) is 0 Å². The normalized spacial score (nSPS) is 12.4. The van der Waals surface area contributed by atoms with Crippen LogP contribution in [0.1, 0.15) is 25.3 Å². The first kappa shape index (κ1) is 11.6. The average Bonchev–Trinajstić information content (AvgIpc) is 2.87.